The maximum Gasteiger partial charge on any atom is 0.191 e. The number of halogens is 1. The normalized spacial score (nSPS) is 12.3. The van der Waals surface area contributed by atoms with E-state index in [1.165, 1.54) is 12.8 Å². The molecule has 2 N–H and O–H groups in total. The van der Waals surface area contributed by atoms with Crippen molar-refractivity contribution in [1.82, 2.24) is 10.6 Å². The van der Waals surface area contributed by atoms with Crippen LogP contribution < -0.4 is 10.6 Å². The Labute approximate surface area is 136 Å². The summed E-state index contributed by atoms with van der Waals surface area (Å²) in [6.45, 7) is 13.2. The molecular formula is C14H32IN3O. The van der Waals surface area contributed by atoms with E-state index in [1.807, 2.05) is 13.8 Å². The molecule has 0 aromatic carbocycles. The summed E-state index contributed by atoms with van der Waals surface area (Å²) in [6, 6.07) is 0. The van der Waals surface area contributed by atoms with Crippen molar-refractivity contribution < 1.29 is 4.74 Å². The van der Waals surface area contributed by atoms with Gasteiger partial charge in [0.05, 0.1) is 12.1 Å². The van der Waals surface area contributed by atoms with E-state index >= 15 is 0 Å². The van der Waals surface area contributed by atoms with Crippen molar-refractivity contribution in [1.29, 1.82) is 0 Å². The molecule has 0 aliphatic rings. The van der Waals surface area contributed by atoms with Crippen LogP contribution in [0.5, 0.6) is 0 Å². The van der Waals surface area contributed by atoms with Crippen molar-refractivity contribution in [3.8, 4) is 0 Å². The molecule has 0 saturated heterocycles. The predicted octanol–water partition coefficient (Wildman–Crippen LogP) is 3.02. The third-order valence-electron chi connectivity index (χ3n) is 2.77. The molecule has 0 aromatic heterocycles. The van der Waals surface area contributed by atoms with Gasteiger partial charge in [-0.25, -0.2) is 0 Å². The molecule has 0 fully saturated rings. The molecule has 0 aliphatic heterocycles. The minimum atomic E-state index is -0.208. The second-order valence-electron chi connectivity index (χ2n) is 5.62. The predicted molar refractivity (Wildman–Crippen MR) is 94.6 cm³/mol. The number of nitrogens with zero attached hydrogens (tertiary/aromatic N) is 1. The van der Waals surface area contributed by atoms with Crippen LogP contribution in [0.3, 0.4) is 0 Å². The van der Waals surface area contributed by atoms with Crippen LogP contribution >= 0.6 is 24.0 Å². The van der Waals surface area contributed by atoms with Gasteiger partial charge in [0.1, 0.15) is 0 Å². The summed E-state index contributed by atoms with van der Waals surface area (Å²) in [5.74, 6) is 1.64. The highest BCUT2D eigenvalue weighted by Crippen LogP contribution is 2.07. The minimum Gasteiger partial charge on any atom is -0.377 e. The van der Waals surface area contributed by atoms with Crippen molar-refractivity contribution in [2.75, 3.05) is 26.7 Å². The minimum absolute atomic E-state index is 0. The second kappa shape index (κ2) is 11.8. The first kappa shape index (κ1) is 21.3. The number of hydrogen-bond donors (Lipinski definition) is 2. The van der Waals surface area contributed by atoms with Crippen molar-refractivity contribution in [3.05, 3.63) is 0 Å². The van der Waals surface area contributed by atoms with Gasteiger partial charge in [-0.1, -0.05) is 13.8 Å². The van der Waals surface area contributed by atoms with Crippen LogP contribution in [0.25, 0.3) is 0 Å². The zero-order valence-electron chi connectivity index (χ0n) is 13.4. The van der Waals surface area contributed by atoms with Crippen LogP contribution in [-0.4, -0.2) is 38.3 Å². The molecule has 0 rings (SSSR count). The van der Waals surface area contributed by atoms with Gasteiger partial charge in [0.15, 0.2) is 5.96 Å². The molecule has 0 unspecified atom stereocenters. The van der Waals surface area contributed by atoms with Gasteiger partial charge >= 0.3 is 0 Å². The average Bonchev–Trinajstić information content (AvgIpc) is 2.31. The molecule has 0 spiro atoms. The summed E-state index contributed by atoms with van der Waals surface area (Å²) in [5.41, 5.74) is -0.208. The van der Waals surface area contributed by atoms with Gasteiger partial charge in [-0.3, -0.25) is 4.99 Å². The lowest BCUT2D eigenvalue weighted by atomic mass is 10.1. The van der Waals surface area contributed by atoms with E-state index in [2.05, 4.69) is 36.4 Å². The summed E-state index contributed by atoms with van der Waals surface area (Å²) in [6.07, 6.45) is 2.42. The molecule has 0 aromatic rings. The summed E-state index contributed by atoms with van der Waals surface area (Å²) < 4.78 is 5.36. The molecule has 5 heteroatoms. The molecule has 0 radical (unpaired) electrons. The maximum atomic E-state index is 5.36. The number of methoxy groups -OCH3 is 1. The summed E-state index contributed by atoms with van der Waals surface area (Å²) in [5, 5.41) is 6.61. The Bertz CT molecular complexity index is 243. The number of ether oxygens (including phenoxy) is 1. The van der Waals surface area contributed by atoms with Gasteiger partial charge in [0.25, 0.3) is 0 Å². The van der Waals surface area contributed by atoms with Gasteiger partial charge in [-0.15, -0.1) is 24.0 Å². The quantitative estimate of drug-likeness (QED) is 0.292. The van der Waals surface area contributed by atoms with Crippen molar-refractivity contribution in [2.24, 2.45) is 10.9 Å². The van der Waals surface area contributed by atoms with Crippen molar-refractivity contribution >= 4 is 29.9 Å². The van der Waals surface area contributed by atoms with E-state index < -0.39 is 0 Å². The first-order chi connectivity index (χ1) is 8.41. The van der Waals surface area contributed by atoms with Gasteiger partial charge < -0.3 is 15.4 Å². The second-order valence-corrected chi connectivity index (χ2v) is 5.62. The Morgan fingerprint density at radius 2 is 1.89 bits per heavy atom. The Balaban J connectivity index is 0. The molecule has 0 bridgehead atoms. The van der Waals surface area contributed by atoms with Crippen LogP contribution in [0.4, 0.5) is 0 Å². The number of rotatable bonds is 8. The molecule has 19 heavy (non-hydrogen) atoms. The maximum absolute atomic E-state index is 5.36. The topological polar surface area (TPSA) is 45.7 Å². The van der Waals surface area contributed by atoms with Crippen LogP contribution in [0.2, 0.25) is 0 Å². The lowest BCUT2D eigenvalue weighted by Crippen LogP contribution is -2.39. The number of aliphatic imine (C=N–C) groups is 1. The molecule has 4 nitrogen and oxygen atoms in total. The highest BCUT2D eigenvalue weighted by molar-refractivity contribution is 14.0. The highest BCUT2D eigenvalue weighted by Gasteiger charge is 2.15. The van der Waals surface area contributed by atoms with E-state index in [1.54, 1.807) is 7.11 Å². The number of guanidine groups is 1. The van der Waals surface area contributed by atoms with Gasteiger partial charge in [-0.2, -0.15) is 0 Å². The Morgan fingerprint density at radius 3 is 2.37 bits per heavy atom. The molecule has 0 aliphatic carbocycles. The molecular weight excluding hydrogens is 353 g/mol. The average molecular weight is 385 g/mol. The van der Waals surface area contributed by atoms with Crippen LogP contribution in [0.15, 0.2) is 4.99 Å². The SMILES string of the molecule is CCNC(=NCC(C)(C)OC)NCCCC(C)C.I. The summed E-state index contributed by atoms with van der Waals surface area (Å²) in [4.78, 5) is 4.54. The molecule has 116 valence electrons. The van der Waals surface area contributed by atoms with Crippen LogP contribution in [0, 0.1) is 5.92 Å². The van der Waals surface area contributed by atoms with Gasteiger partial charge in [0.2, 0.25) is 0 Å². The first-order valence-corrected chi connectivity index (χ1v) is 6.98. The summed E-state index contributed by atoms with van der Waals surface area (Å²) >= 11 is 0. The number of nitrogens with one attached hydrogen (secondary N) is 2. The molecule has 0 heterocycles. The fourth-order valence-corrected chi connectivity index (χ4v) is 1.39. The van der Waals surface area contributed by atoms with E-state index in [9.17, 15) is 0 Å². The third-order valence-corrected chi connectivity index (χ3v) is 2.77. The van der Waals surface area contributed by atoms with Crippen molar-refractivity contribution in [3.63, 3.8) is 0 Å². The van der Waals surface area contributed by atoms with E-state index in [-0.39, 0.29) is 29.6 Å². The number of hydrogen-bond acceptors (Lipinski definition) is 2. The van der Waals surface area contributed by atoms with Crippen LogP contribution in [0.1, 0.15) is 47.5 Å². The van der Waals surface area contributed by atoms with E-state index in [0.29, 0.717) is 6.54 Å². The first-order valence-electron chi connectivity index (χ1n) is 6.98. The Hall–Kier alpha value is -0.0400. The lowest BCUT2D eigenvalue weighted by molar-refractivity contribution is 0.0310. The molecule has 0 saturated carbocycles. The van der Waals surface area contributed by atoms with E-state index in [4.69, 9.17) is 4.74 Å². The third kappa shape index (κ3) is 12.7. The van der Waals surface area contributed by atoms with Gasteiger partial charge in [-0.05, 0) is 39.5 Å². The highest BCUT2D eigenvalue weighted by atomic mass is 127. The standard InChI is InChI=1S/C14H31N3O.HI/c1-7-15-13(16-10-8-9-12(2)3)17-11-14(4,5)18-6;/h12H,7-11H2,1-6H3,(H2,15,16,17);1H. The zero-order valence-corrected chi connectivity index (χ0v) is 15.7. The van der Waals surface area contributed by atoms with Crippen molar-refractivity contribution in [2.45, 2.75) is 53.1 Å². The Morgan fingerprint density at radius 1 is 1.26 bits per heavy atom. The van der Waals surface area contributed by atoms with E-state index in [0.717, 1.165) is 25.0 Å². The fourth-order valence-electron chi connectivity index (χ4n) is 1.39. The van der Waals surface area contributed by atoms with Gasteiger partial charge in [0, 0.05) is 20.2 Å². The molecule has 0 atom stereocenters. The monoisotopic (exact) mass is 385 g/mol. The fraction of sp³-hybridized carbons (Fsp3) is 0.929. The van der Waals surface area contributed by atoms with Crippen LogP contribution in [-0.2, 0) is 4.74 Å². The largest absolute Gasteiger partial charge is 0.377 e. The molecule has 0 amide bonds. The lowest BCUT2D eigenvalue weighted by Gasteiger charge is -2.21. The Kier molecular flexibility index (Phi) is 13.2. The smallest absolute Gasteiger partial charge is 0.191 e. The summed E-state index contributed by atoms with van der Waals surface area (Å²) in [7, 11) is 1.72. The zero-order chi connectivity index (χ0) is 14.0.